The molecular formula is C10H13N3O3S. The Morgan fingerprint density at radius 2 is 1.71 bits per heavy atom. The molecule has 0 spiro atoms. The molecule has 0 atom stereocenters. The Morgan fingerprint density at radius 3 is 2.18 bits per heavy atom. The van der Waals surface area contributed by atoms with E-state index < -0.39 is 10.2 Å². The molecule has 1 aromatic rings. The summed E-state index contributed by atoms with van der Waals surface area (Å²) in [4.78, 5) is 11.4. The lowest BCUT2D eigenvalue weighted by atomic mass is 10.2. The number of anilines is 2. The molecule has 1 aliphatic carbocycles. The van der Waals surface area contributed by atoms with E-state index >= 15 is 0 Å². The van der Waals surface area contributed by atoms with Crippen molar-refractivity contribution in [1.82, 2.24) is 0 Å². The van der Waals surface area contributed by atoms with Crippen molar-refractivity contribution in [3.05, 3.63) is 24.3 Å². The third-order valence-corrected chi connectivity index (χ3v) is 2.88. The minimum Gasteiger partial charge on any atom is -0.326 e. The Labute approximate surface area is 99.4 Å². The molecule has 2 rings (SSSR count). The van der Waals surface area contributed by atoms with Gasteiger partial charge in [-0.2, -0.15) is 8.42 Å². The van der Waals surface area contributed by atoms with Crippen LogP contribution in [0.5, 0.6) is 0 Å². The molecule has 6 nitrogen and oxygen atoms in total. The van der Waals surface area contributed by atoms with E-state index in [-0.39, 0.29) is 11.8 Å². The zero-order chi connectivity index (χ0) is 12.5. The van der Waals surface area contributed by atoms with Crippen LogP contribution in [-0.2, 0) is 15.0 Å². The topological polar surface area (TPSA) is 101 Å². The van der Waals surface area contributed by atoms with Gasteiger partial charge in [-0.15, -0.1) is 0 Å². The van der Waals surface area contributed by atoms with Crippen molar-refractivity contribution in [2.75, 3.05) is 10.0 Å². The Kier molecular flexibility index (Phi) is 3.03. The number of nitrogens with one attached hydrogen (secondary N) is 2. The van der Waals surface area contributed by atoms with Crippen LogP contribution in [0.4, 0.5) is 11.4 Å². The van der Waals surface area contributed by atoms with Gasteiger partial charge < -0.3 is 5.32 Å². The van der Waals surface area contributed by atoms with Crippen molar-refractivity contribution >= 4 is 27.5 Å². The molecule has 1 amide bonds. The number of amides is 1. The number of nitrogens with two attached hydrogens (primary N) is 1. The van der Waals surface area contributed by atoms with E-state index in [9.17, 15) is 13.2 Å². The predicted octanol–water partition coefficient (Wildman–Crippen LogP) is 0.650. The summed E-state index contributed by atoms with van der Waals surface area (Å²) in [5.74, 6) is 0.148. The first-order valence-corrected chi connectivity index (χ1v) is 6.70. The van der Waals surface area contributed by atoms with Crippen molar-refractivity contribution in [3.63, 3.8) is 0 Å². The van der Waals surface area contributed by atoms with Crippen molar-refractivity contribution in [2.45, 2.75) is 12.8 Å². The molecule has 4 N–H and O–H groups in total. The van der Waals surface area contributed by atoms with E-state index in [1.807, 2.05) is 0 Å². The summed E-state index contributed by atoms with van der Waals surface area (Å²) in [7, 11) is -3.75. The number of benzene rings is 1. The zero-order valence-corrected chi connectivity index (χ0v) is 9.83. The first-order valence-electron chi connectivity index (χ1n) is 5.15. The lowest BCUT2D eigenvalue weighted by Gasteiger charge is -2.06. The molecule has 1 saturated carbocycles. The summed E-state index contributed by atoms with van der Waals surface area (Å²) in [5.41, 5.74) is 0.999. The van der Waals surface area contributed by atoms with E-state index in [0.717, 1.165) is 12.8 Å². The molecule has 1 aromatic carbocycles. The highest BCUT2D eigenvalue weighted by Gasteiger charge is 2.29. The van der Waals surface area contributed by atoms with Crippen LogP contribution in [0.25, 0.3) is 0 Å². The highest BCUT2D eigenvalue weighted by atomic mass is 32.2. The lowest BCUT2D eigenvalue weighted by molar-refractivity contribution is -0.117. The predicted molar refractivity (Wildman–Crippen MR) is 64.5 cm³/mol. The van der Waals surface area contributed by atoms with E-state index in [1.54, 1.807) is 12.1 Å². The fourth-order valence-corrected chi connectivity index (χ4v) is 1.84. The van der Waals surface area contributed by atoms with Crippen molar-refractivity contribution in [1.29, 1.82) is 0 Å². The first kappa shape index (κ1) is 11.9. The van der Waals surface area contributed by atoms with Gasteiger partial charge in [0.05, 0.1) is 0 Å². The smallest absolute Gasteiger partial charge is 0.296 e. The second-order valence-electron chi connectivity index (χ2n) is 3.99. The van der Waals surface area contributed by atoms with Gasteiger partial charge >= 0.3 is 0 Å². The lowest BCUT2D eigenvalue weighted by Crippen LogP contribution is -2.21. The monoisotopic (exact) mass is 255 g/mol. The molecule has 0 unspecified atom stereocenters. The number of hydrogen-bond donors (Lipinski definition) is 3. The minimum atomic E-state index is -3.75. The molecule has 0 radical (unpaired) electrons. The molecular weight excluding hydrogens is 242 g/mol. The Bertz CT molecular complexity index is 520. The molecule has 0 saturated heterocycles. The van der Waals surface area contributed by atoms with Crippen LogP contribution >= 0.6 is 0 Å². The third kappa shape index (κ3) is 3.72. The zero-order valence-electron chi connectivity index (χ0n) is 9.01. The van der Waals surface area contributed by atoms with Crippen LogP contribution in [0.2, 0.25) is 0 Å². The SMILES string of the molecule is NS(=O)(=O)Nc1ccc(NC(=O)C2CC2)cc1. The van der Waals surface area contributed by atoms with E-state index in [0.29, 0.717) is 11.4 Å². The third-order valence-electron chi connectivity index (χ3n) is 2.36. The molecule has 17 heavy (non-hydrogen) atoms. The standard InChI is InChI=1S/C10H13N3O3S/c11-17(15,16)13-9-5-3-8(4-6-9)12-10(14)7-1-2-7/h3-7,13H,1-2H2,(H,12,14)(H2,11,15,16). The summed E-state index contributed by atoms with van der Waals surface area (Å²) in [5, 5.41) is 7.57. The maximum absolute atomic E-state index is 11.4. The van der Waals surface area contributed by atoms with Crippen molar-refractivity contribution in [2.24, 2.45) is 11.1 Å². The van der Waals surface area contributed by atoms with E-state index in [1.165, 1.54) is 12.1 Å². The highest BCUT2D eigenvalue weighted by molar-refractivity contribution is 7.90. The van der Waals surface area contributed by atoms with Crippen LogP contribution in [0.3, 0.4) is 0 Å². The summed E-state index contributed by atoms with van der Waals surface area (Å²) < 4.78 is 23.6. The molecule has 92 valence electrons. The highest BCUT2D eigenvalue weighted by Crippen LogP contribution is 2.30. The number of carbonyl (C=O) groups is 1. The number of hydrogen-bond acceptors (Lipinski definition) is 3. The molecule has 0 aliphatic heterocycles. The Morgan fingerprint density at radius 1 is 1.18 bits per heavy atom. The Balaban J connectivity index is 1.99. The second-order valence-corrected chi connectivity index (χ2v) is 5.28. The fraction of sp³-hybridized carbons (Fsp3) is 0.300. The minimum absolute atomic E-state index is 0.0113. The molecule has 0 bridgehead atoms. The Hall–Kier alpha value is -1.60. The van der Waals surface area contributed by atoms with Gasteiger partial charge in [-0.3, -0.25) is 9.52 Å². The summed E-state index contributed by atoms with van der Waals surface area (Å²) in [6.45, 7) is 0. The van der Waals surface area contributed by atoms with Crippen molar-refractivity contribution in [3.8, 4) is 0 Å². The van der Waals surface area contributed by atoms with Gasteiger partial charge in [0, 0.05) is 17.3 Å². The van der Waals surface area contributed by atoms with E-state index in [2.05, 4.69) is 10.0 Å². The van der Waals surface area contributed by atoms with Crippen LogP contribution < -0.4 is 15.2 Å². The van der Waals surface area contributed by atoms with Gasteiger partial charge in [0.1, 0.15) is 0 Å². The quantitative estimate of drug-likeness (QED) is 0.736. The number of rotatable bonds is 4. The number of carbonyl (C=O) groups excluding carboxylic acids is 1. The average Bonchev–Trinajstić information content (AvgIpc) is 3.02. The molecule has 1 aliphatic rings. The van der Waals surface area contributed by atoms with Gasteiger partial charge in [-0.25, -0.2) is 5.14 Å². The van der Waals surface area contributed by atoms with Crippen LogP contribution in [0.15, 0.2) is 24.3 Å². The molecule has 0 heterocycles. The van der Waals surface area contributed by atoms with Gasteiger partial charge in [0.2, 0.25) is 5.91 Å². The fourth-order valence-electron chi connectivity index (χ4n) is 1.38. The van der Waals surface area contributed by atoms with Gasteiger partial charge in [0.15, 0.2) is 0 Å². The molecule has 0 aromatic heterocycles. The van der Waals surface area contributed by atoms with Crippen LogP contribution in [0, 0.1) is 5.92 Å². The first-order chi connectivity index (χ1) is 7.94. The van der Waals surface area contributed by atoms with Gasteiger partial charge in [-0.05, 0) is 37.1 Å². The maximum Gasteiger partial charge on any atom is 0.296 e. The molecule has 1 fully saturated rings. The van der Waals surface area contributed by atoms with Gasteiger partial charge in [0.25, 0.3) is 10.2 Å². The maximum atomic E-state index is 11.4. The van der Waals surface area contributed by atoms with Crippen molar-refractivity contribution < 1.29 is 13.2 Å². The summed E-state index contributed by atoms with van der Waals surface area (Å²) >= 11 is 0. The van der Waals surface area contributed by atoms with Crippen LogP contribution in [-0.4, -0.2) is 14.3 Å². The average molecular weight is 255 g/mol. The van der Waals surface area contributed by atoms with Crippen LogP contribution in [0.1, 0.15) is 12.8 Å². The van der Waals surface area contributed by atoms with Gasteiger partial charge in [-0.1, -0.05) is 0 Å². The summed E-state index contributed by atoms with van der Waals surface area (Å²) in [6.07, 6.45) is 1.88. The largest absolute Gasteiger partial charge is 0.326 e. The molecule has 7 heteroatoms. The summed E-state index contributed by atoms with van der Waals surface area (Å²) in [6, 6.07) is 6.31. The van der Waals surface area contributed by atoms with E-state index in [4.69, 9.17) is 5.14 Å². The second kappa shape index (κ2) is 4.34. The normalized spacial score (nSPS) is 15.4.